The molecule has 0 aliphatic carbocycles. The maximum atomic E-state index is 12.8. The number of amides is 2. The van der Waals surface area contributed by atoms with Crippen molar-refractivity contribution in [1.82, 2.24) is 30.4 Å². The van der Waals surface area contributed by atoms with Gasteiger partial charge in [0, 0.05) is 36.3 Å². The maximum absolute atomic E-state index is 12.8. The zero-order chi connectivity index (χ0) is 24.5. The monoisotopic (exact) mass is 462 g/mol. The van der Waals surface area contributed by atoms with Gasteiger partial charge in [-0.05, 0) is 55.8 Å². The number of aryl methyl sites for hydroxylation is 1. The molecule has 0 saturated carbocycles. The highest BCUT2D eigenvalue weighted by atomic mass is 16.6. The minimum atomic E-state index is -0.616. The summed E-state index contributed by atoms with van der Waals surface area (Å²) >= 11 is 0. The summed E-state index contributed by atoms with van der Waals surface area (Å²) in [6.07, 6.45) is 0. The van der Waals surface area contributed by atoms with Gasteiger partial charge in [-0.2, -0.15) is 4.80 Å². The van der Waals surface area contributed by atoms with Gasteiger partial charge in [0.25, 0.3) is 11.8 Å². The third kappa shape index (κ3) is 5.11. The zero-order valence-electron chi connectivity index (χ0n) is 19.5. The number of ether oxygens (including phenoxy) is 1. The summed E-state index contributed by atoms with van der Waals surface area (Å²) in [6, 6.07) is 12.0. The van der Waals surface area contributed by atoms with Crippen molar-refractivity contribution in [3.63, 3.8) is 0 Å². The smallest absolute Gasteiger partial charge is 0.338 e. The van der Waals surface area contributed by atoms with E-state index in [1.54, 1.807) is 75.2 Å². The molecule has 2 aromatic carbocycles. The van der Waals surface area contributed by atoms with Crippen LogP contribution in [0.15, 0.2) is 42.5 Å². The lowest BCUT2D eigenvalue weighted by Crippen LogP contribution is -2.35. The average Bonchev–Trinajstić information content (AvgIpc) is 3.36. The molecule has 3 aromatic rings. The number of esters is 1. The number of carbonyl (C=O) groups excluding carboxylic acids is 3. The van der Waals surface area contributed by atoms with Crippen molar-refractivity contribution in [2.24, 2.45) is 7.05 Å². The number of fused-ring (bicyclic) bond motifs is 1. The van der Waals surface area contributed by atoms with Crippen molar-refractivity contribution in [2.75, 3.05) is 13.1 Å². The van der Waals surface area contributed by atoms with Crippen LogP contribution in [0.4, 0.5) is 0 Å². The number of aromatic nitrogens is 4. The largest absolute Gasteiger partial charge is 0.456 e. The highest BCUT2D eigenvalue weighted by Crippen LogP contribution is 2.25. The summed E-state index contributed by atoms with van der Waals surface area (Å²) in [7, 11) is 1.67. The van der Waals surface area contributed by atoms with Gasteiger partial charge in [-0.3, -0.25) is 9.59 Å². The number of nitrogens with zero attached hydrogens (tertiary/aromatic N) is 5. The van der Waals surface area contributed by atoms with Gasteiger partial charge in [0.15, 0.2) is 0 Å². The second-order valence-corrected chi connectivity index (χ2v) is 9.04. The molecule has 0 bridgehead atoms. The Hall–Kier alpha value is -4.08. The number of hydrogen-bond acceptors (Lipinski definition) is 7. The van der Waals surface area contributed by atoms with Crippen LogP contribution in [-0.4, -0.2) is 61.6 Å². The molecule has 4 rings (SSSR count). The fourth-order valence-electron chi connectivity index (χ4n) is 3.61. The van der Waals surface area contributed by atoms with Gasteiger partial charge in [-0.1, -0.05) is 18.2 Å². The van der Waals surface area contributed by atoms with E-state index in [-0.39, 0.29) is 18.4 Å². The zero-order valence-corrected chi connectivity index (χ0v) is 19.5. The maximum Gasteiger partial charge on any atom is 0.338 e. The van der Waals surface area contributed by atoms with Crippen LogP contribution in [0.5, 0.6) is 0 Å². The van der Waals surface area contributed by atoms with Gasteiger partial charge >= 0.3 is 5.97 Å². The molecule has 1 N–H and O–H groups in total. The molecule has 34 heavy (non-hydrogen) atoms. The molecule has 10 nitrogen and oxygen atoms in total. The lowest BCUT2D eigenvalue weighted by molar-refractivity contribution is 0.00694. The first-order valence-corrected chi connectivity index (χ1v) is 10.9. The Bertz CT molecular complexity index is 1260. The number of carbonyl (C=O) groups is 3. The Balaban J connectivity index is 1.35. The van der Waals surface area contributed by atoms with Gasteiger partial charge in [-0.15, -0.1) is 10.2 Å². The molecular formula is C24H26N6O4. The summed E-state index contributed by atoms with van der Waals surface area (Å²) in [5.74, 6) is -0.469. The summed E-state index contributed by atoms with van der Waals surface area (Å²) in [5, 5.41) is 14.8. The Labute approximate surface area is 196 Å². The van der Waals surface area contributed by atoms with E-state index in [0.29, 0.717) is 41.2 Å². The van der Waals surface area contributed by atoms with Crippen LogP contribution < -0.4 is 5.32 Å². The topological polar surface area (TPSA) is 119 Å². The lowest BCUT2D eigenvalue weighted by atomic mass is 10.1. The molecule has 0 spiro atoms. The molecular weight excluding hydrogens is 436 g/mol. The molecule has 176 valence electrons. The third-order valence-electron chi connectivity index (χ3n) is 5.18. The molecule has 10 heteroatoms. The number of tetrazole rings is 1. The fraction of sp³-hybridized carbons (Fsp3) is 0.333. The highest BCUT2D eigenvalue weighted by molar-refractivity contribution is 6.01. The van der Waals surface area contributed by atoms with Crippen LogP contribution in [0.1, 0.15) is 57.4 Å². The first-order chi connectivity index (χ1) is 16.1. The minimum absolute atomic E-state index is 0.176. The first kappa shape index (κ1) is 23.1. The van der Waals surface area contributed by atoms with E-state index in [0.717, 1.165) is 5.56 Å². The van der Waals surface area contributed by atoms with Crippen molar-refractivity contribution < 1.29 is 19.1 Å². The molecule has 0 atom stereocenters. The van der Waals surface area contributed by atoms with Crippen molar-refractivity contribution in [1.29, 1.82) is 0 Å². The van der Waals surface area contributed by atoms with Gasteiger partial charge in [0.2, 0.25) is 5.82 Å². The number of benzene rings is 2. The van der Waals surface area contributed by atoms with Gasteiger partial charge in [-0.25, -0.2) is 4.79 Å². The molecule has 0 unspecified atom stereocenters. The third-order valence-corrected chi connectivity index (χ3v) is 5.18. The van der Waals surface area contributed by atoms with E-state index in [2.05, 4.69) is 20.7 Å². The van der Waals surface area contributed by atoms with Gasteiger partial charge in [0.05, 0.1) is 12.6 Å². The van der Waals surface area contributed by atoms with Gasteiger partial charge in [0.1, 0.15) is 5.60 Å². The van der Waals surface area contributed by atoms with E-state index in [9.17, 15) is 14.4 Å². The fourth-order valence-corrected chi connectivity index (χ4v) is 3.61. The summed E-state index contributed by atoms with van der Waals surface area (Å²) in [5.41, 5.74) is 2.20. The van der Waals surface area contributed by atoms with Crippen LogP contribution in [0.25, 0.3) is 11.4 Å². The summed E-state index contributed by atoms with van der Waals surface area (Å²) < 4.78 is 5.39. The van der Waals surface area contributed by atoms with E-state index in [1.165, 1.54) is 4.80 Å². The van der Waals surface area contributed by atoms with E-state index in [4.69, 9.17) is 4.74 Å². The van der Waals surface area contributed by atoms with Crippen molar-refractivity contribution >= 4 is 17.8 Å². The molecule has 1 aliphatic rings. The minimum Gasteiger partial charge on any atom is -0.456 e. The predicted octanol–water partition coefficient (Wildman–Crippen LogP) is 2.22. The second kappa shape index (κ2) is 9.05. The Morgan fingerprint density at radius 2 is 1.91 bits per heavy atom. The molecule has 2 heterocycles. The predicted molar refractivity (Wildman–Crippen MR) is 123 cm³/mol. The summed E-state index contributed by atoms with van der Waals surface area (Å²) in [6.45, 7) is 6.43. The van der Waals surface area contributed by atoms with Crippen LogP contribution in [0.2, 0.25) is 0 Å². The SMILES string of the molecule is Cn1nnc(-c2cccc(C(=O)NCCN3Cc4ccc(C(=O)OC(C)(C)C)cc4C3=O)c2)n1. The Morgan fingerprint density at radius 3 is 2.62 bits per heavy atom. The highest BCUT2D eigenvalue weighted by Gasteiger charge is 2.29. The molecule has 0 radical (unpaired) electrons. The van der Waals surface area contributed by atoms with Crippen molar-refractivity contribution in [2.45, 2.75) is 32.9 Å². The Morgan fingerprint density at radius 1 is 1.12 bits per heavy atom. The van der Waals surface area contributed by atoms with Crippen molar-refractivity contribution in [3.8, 4) is 11.4 Å². The molecule has 1 aliphatic heterocycles. The molecule has 0 saturated heterocycles. The quantitative estimate of drug-likeness (QED) is 0.558. The van der Waals surface area contributed by atoms with Crippen LogP contribution in [0.3, 0.4) is 0 Å². The Kier molecular flexibility index (Phi) is 6.14. The second-order valence-electron chi connectivity index (χ2n) is 9.04. The summed E-state index contributed by atoms with van der Waals surface area (Å²) in [4.78, 5) is 40.8. The van der Waals surface area contributed by atoms with Crippen LogP contribution >= 0.6 is 0 Å². The first-order valence-electron chi connectivity index (χ1n) is 10.9. The normalized spacial score (nSPS) is 13.1. The van der Waals surface area contributed by atoms with E-state index >= 15 is 0 Å². The standard InChI is InChI=1S/C24H26N6O4/c1-24(2,3)34-23(33)17-8-9-18-14-30(22(32)19(18)13-17)11-10-25-21(31)16-7-5-6-15(12-16)20-26-28-29(4)27-20/h5-9,12-13H,10-11,14H2,1-4H3,(H,25,31). The van der Waals surface area contributed by atoms with E-state index in [1.807, 2.05) is 0 Å². The lowest BCUT2D eigenvalue weighted by Gasteiger charge is -2.19. The average molecular weight is 463 g/mol. The van der Waals surface area contributed by atoms with Crippen LogP contribution in [0, 0.1) is 0 Å². The van der Waals surface area contributed by atoms with E-state index < -0.39 is 11.6 Å². The van der Waals surface area contributed by atoms with Gasteiger partial charge < -0.3 is 15.0 Å². The molecule has 2 amide bonds. The molecule has 0 fully saturated rings. The number of rotatable bonds is 6. The van der Waals surface area contributed by atoms with Crippen molar-refractivity contribution in [3.05, 3.63) is 64.7 Å². The molecule has 1 aromatic heterocycles. The number of nitrogens with one attached hydrogen (secondary N) is 1. The number of hydrogen-bond donors (Lipinski definition) is 1. The van der Waals surface area contributed by atoms with Crippen LogP contribution in [-0.2, 0) is 18.3 Å².